The monoisotopic (exact) mass is 1780 g/mol. The summed E-state index contributed by atoms with van der Waals surface area (Å²) in [6.45, 7) is 23.7. The summed E-state index contributed by atoms with van der Waals surface area (Å²) in [7, 11) is -5.40. The number of hydrogen-bond donors (Lipinski definition) is 2. The smallest absolute Gasteiger partial charge is 0.418 e. The minimum atomic E-state index is -4.29. The van der Waals surface area contributed by atoms with Crippen molar-refractivity contribution in [3.8, 4) is 23.0 Å². The number of methoxy groups -OCH3 is 2. The van der Waals surface area contributed by atoms with Crippen LogP contribution in [0.3, 0.4) is 0 Å². The van der Waals surface area contributed by atoms with Gasteiger partial charge in [0.2, 0.25) is 0 Å². The third-order valence-electron chi connectivity index (χ3n) is 22.6. The number of imide groups is 2. The van der Waals surface area contributed by atoms with E-state index in [0.29, 0.717) is 81.7 Å². The maximum absolute atomic E-state index is 15.1. The third kappa shape index (κ3) is 26.5. The maximum atomic E-state index is 15.1. The fourth-order valence-corrected chi connectivity index (χ4v) is 20.4. The molecule has 4 aliphatic heterocycles. The summed E-state index contributed by atoms with van der Waals surface area (Å²) in [5.41, 5.74) is -0.554. The zero-order valence-electron chi connectivity index (χ0n) is 75.3. The zero-order chi connectivity index (χ0) is 89.8. The van der Waals surface area contributed by atoms with Gasteiger partial charge in [0.15, 0.2) is 35.0 Å². The molecule has 28 heteroatoms. The Morgan fingerprint density at radius 2 is 0.927 bits per heavy atom. The van der Waals surface area contributed by atoms with Gasteiger partial charge in [-0.25, -0.2) is 46.2 Å². The standard InChI is InChI=1S/C54H78N4O8S2.C42H54N4O8S2/c1-8-11-13-14-15-16-17-18-19-20-21-22-23-24-25-28-36-57-50(55-43-30-26-27-31-48(43)68(57,62)63)49(58-52(60)54(5,6)66-53(58)61)51(59)56-44-38-42(64-7)33-35-46(44)67-47-37-40(4)32-34-45(47)65-39-41(10-3)29-12-9-2;1-8-9-10-11-12-15-25-45-37(43-32-17-13-14-18-35(32)56(45,50)51)36(46-39(48)42(5,6)54-40(46)49)38(47)44-33-28-29(41(2,3)4)19-24-34(33)55-27-16-26-53-31-22-20-30(52-7)21-23-31/h26-27,30-35,37-38,41,49H,8-25,28-29,36,39H2,1-7H3,(H,56,59);13-14,17-24,28,36H,8-12,15-16,25-27H2,1-7H3,(H,44,47). The van der Waals surface area contributed by atoms with Gasteiger partial charge in [-0.05, 0) is 168 Å². The van der Waals surface area contributed by atoms with Crippen LogP contribution < -0.4 is 29.6 Å². The highest BCUT2D eigenvalue weighted by molar-refractivity contribution is 7.99. The molecule has 2 saturated heterocycles. The summed E-state index contributed by atoms with van der Waals surface area (Å²) in [4.78, 5) is 98.5. The van der Waals surface area contributed by atoms with Crippen molar-refractivity contribution in [2.45, 2.75) is 310 Å². The van der Waals surface area contributed by atoms with Crippen molar-refractivity contribution in [3.63, 3.8) is 0 Å². The number of thioether (sulfide) groups is 1. The summed E-state index contributed by atoms with van der Waals surface area (Å²) in [6.07, 6.45) is 26.8. The molecule has 0 aliphatic carbocycles. The molecule has 2 N–H and O–H groups in total. The molecule has 4 aliphatic rings. The van der Waals surface area contributed by atoms with Crippen molar-refractivity contribution in [1.82, 2.24) is 18.4 Å². The van der Waals surface area contributed by atoms with Crippen molar-refractivity contribution < 1.29 is 74.0 Å². The molecule has 676 valence electrons. The Balaban J connectivity index is 0.000000286. The average Bonchev–Trinajstić information content (AvgIpc) is 1.66. The van der Waals surface area contributed by atoms with E-state index >= 15 is 4.79 Å². The van der Waals surface area contributed by atoms with Crippen LogP contribution in [0, 0.1) is 12.8 Å². The van der Waals surface area contributed by atoms with Crippen LogP contribution in [0.1, 0.15) is 261 Å². The number of unbranched alkanes of at least 4 members (excludes halogenated alkanes) is 21. The molecular formula is C96H132N8O16S4. The van der Waals surface area contributed by atoms with Crippen LogP contribution in [-0.4, -0.2) is 152 Å². The van der Waals surface area contributed by atoms with E-state index in [1.165, 1.54) is 147 Å². The number of benzene rings is 6. The van der Waals surface area contributed by atoms with Crippen LogP contribution >= 0.6 is 23.5 Å². The highest BCUT2D eigenvalue weighted by Gasteiger charge is 2.57. The molecule has 0 aromatic heterocycles. The number of carbonyl (C=O) groups excluding carboxylic acids is 6. The van der Waals surface area contributed by atoms with Gasteiger partial charge in [-0.1, -0.05) is 244 Å². The number of ether oxygens (including phenoxy) is 6. The topological polar surface area (TPSA) is 288 Å². The Hall–Kier alpha value is -9.12. The Bertz CT molecular complexity index is 4900. The summed E-state index contributed by atoms with van der Waals surface area (Å²) < 4.78 is 94.3. The van der Waals surface area contributed by atoms with Crippen molar-refractivity contribution >= 4 is 114 Å². The predicted molar refractivity (Wildman–Crippen MR) is 493 cm³/mol. The van der Waals surface area contributed by atoms with Gasteiger partial charge in [0, 0.05) is 34.7 Å². The molecule has 0 radical (unpaired) electrons. The van der Waals surface area contributed by atoms with E-state index in [1.807, 2.05) is 73.7 Å². The van der Waals surface area contributed by atoms with Crippen LogP contribution in [0.25, 0.3) is 0 Å². The SMILES string of the molecule is CCCCCCCCCCCCCCCCCCN1C(C(C(=O)Nc2cc(OC)ccc2Sc2cc(C)ccc2OCC(CC)CCCC)N2C(=O)OC(C)(C)C2=O)=Nc2ccccc2S1(=O)=O.CCCCCCCCN1C(C(C(=O)Nc2cc(C(C)(C)C)ccc2SCCCOc2ccc(OC)cc2)N2C(=O)OC(C)(C)C2=O)=Nc2ccccc2S1(=O)=O. The molecule has 2 fully saturated rings. The molecule has 4 heterocycles. The lowest BCUT2D eigenvalue weighted by Gasteiger charge is -2.35. The van der Waals surface area contributed by atoms with Crippen molar-refractivity contribution in [1.29, 1.82) is 0 Å². The number of nitrogens with one attached hydrogen (secondary N) is 2. The number of aliphatic imine (C=N–C) groups is 2. The van der Waals surface area contributed by atoms with Crippen LogP contribution in [-0.2, 0) is 54.1 Å². The number of amidine groups is 2. The molecule has 6 aromatic carbocycles. The van der Waals surface area contributed by atoms with E-state index in [2.05, 4.69) is 59.1 Å². The van der Waals surface area contributed by atoms with Gasteiger partial charge in [0.1, 0.15) is 32.8 Å². The van der Waals surface area contributed by atoms with E-state index < -0.39 is 79.1 Å². The van der Waals surface area contributed by atoms with Gasteiger partial charge >= 0.3 is 12.2 Å². The molecule has 0 saturated carbocycles. The molecule has 24 nitrogen and oxygen atoms in total. The number of aryl methyl sites for hydroxylation is 1. The van der Waals surface area contributed by atoms with Gasteiger partial charge < -0.3 is 39.1 Å². The minimum absolute atomic E-state index is 0.00504. The molecule has 124 heavy (non-hydrogen) atoms. The first-order valence-electron chi connectivity index (χ1n) is 44.6. The van der Waals surface area contributed by atoms with E-state index in [0.717, 1.165) is 124 Å². The normalized spacial score (nSPS) is 16.2. The van der Waals surface area contributed by atoms with Gasteiger partial charge in [-0.3, -0.25) is 27.8 Å². The predicted octanol–water partition coefficient (Wildman–Crippen LogP) is 22.5. The van der Waals surface area contributed by atoms with E-state index in [-0.39, 0.29) is 51.3 Å². The lowest BCUT2D eigenvalue weighted by Crippen LogP contribution is -2.59. The second kappa shape index (κ2) is 46.9. The van der Waals surface area contributed by atoms with E-state index in [9.17, 15) is 40.8 Å². The minimum Gasteiger partial charge on any atom is -0.497 e. The van der Waals surface area contributed by atoms with Gasteiger partial charge in [0.05, 0.1) is 55.1 Å². The first-order chi connectivity index (χ1) is 59.3. The molecule has 10 rings (SSSR count). The lowest BCUT2D eigenvalue weighted by atomic mass is 9.87. The van der Waals surface area contributed by atoms with Crippen LogP contribution in [0.5, 0.6) is 23.0 Å². The number of hydrogen-bond acceptors (Lipinski definition) is 20. The Morgan fingerprint density at radius 1 is 0.492 bits per heavy atom. The lowest BCUT2D eigenvalue weighted by molar-refractivity contribution is -0.137. The third-order valence-corrected chi connectivity index (χ3v) is 28.6. The Kier molecular flexibility index (Phi) is 37.3. The number of rotatable bonds is 49. The molecular weight excluding hydrogens is 1650 g/mol. The fourth-order valence-electron chi connectivity index (χ4n) is 15.2. The number of para-hydroxylation sites is 2. The Morgan fingerprint density at radius 3 is 1.37 bits per heavy atom. The average molecular weight is 1780 g/mol. The summed E-state index contributed by atoms with van der Waals surface area (Å²) in [5.74, 6) is -0.0528. The largest absolute Gasteiger partial charge is 0.497 e. The number of amides is 6. The van der Waals surface area contributed by atoms with Crippen LogP contribution in [0.2, 0.25) is 0 Å². The molecule has 3 atom stereocenters. The number of anilines is 2. The quantitative estimate of drug-likeness (QED) is 0.0265. The highest BCUT2D eigenvalue weighted by Crippen LogP contribution is 2.44. The van der Waals surface area contributed by atoms with E-state index in [4.69, 9.17) is 38.4 Å². The molecule has 6 amide bonds. The van der Waals surface area contributed by atoms with Crippen molar-refractivity contribution in [3.05, 3.63) is 139 Å². The van der Waals surface area contributed by atoms with Crippen LogP contribution in [0.4, 0.5) is 32.3 Å². The zero-order valence-corrected chi connectivity index (χ0v) is 78.6. The molecule has 0 bridgehead atoms. The van der Waals surface area contributed by atoms with Gasteiger partial charge in [-0.15, -0.1) is 11.8 Å². The number of nitrogens with zero attached hydrogens (tertiary/aromatic N) is 6. The highest BCUT2D eigenvalue weighted by atomic mass is 32.2. The maximum Gasteiger partial charge on any atom is 0.418 e. The number of carbonyl (C=O) groups is 6. The number of sulfonamides is 2. The van der Waals surface area contributed by atoms with Gasteiger partial charge in [0.25, 0.3) is 43.7 Å². The fraction of sp³-hybridized carbons (Fsp3) is 0.542. The second-order valence-electron chi connectivity index (χ2n) is 34.3. The summed E-state index contributed by atoms with van der Waals surface area (Å²) >= 11 is 2.91. The van der Waals surface area contributed by atoms with Crippen molar-refractivity contribution in [2.24, 2.45) is 15.9 Å². The first-order valence-corrected chi connectivity index (χ1v) is 49.3. The van der Waals surface area contributed by atoms with Crippen LogP contribution in [0.15, 0.2) is 162 Å². The molecule has 6 aromatic rings. The van der Waals surface area contributed by atoms with E-state index in [1.54, 1.807) is 49.6 Å². The molecule has 0 spiro atoms. The summed E-state index contributed by atoms with van der Waals surface area (Å²) in [5, 5.41) is 5.97. The van der Waals surface area contributed by atoms with Gasteiger partial charge in [-0.2, -0.15) is 0 Å². The second-order valence-corrected chi connectivity index (χ2v) is 40.2. The Labute approximate surface area is 745 Å². The summed E-state index contributed by atoms with van der Waals surface area (Å²) in [6, 6.07) is 33.4. The first kappa shape index (κ1) is 98.7. The molecule has 3 unspecified atom stereocenters. The van der Waals surface area contributed by atoms with Crippen molar-refractivity contribution in [2.75, 3.05) is 56.9 Å². The number of fused-ring (bicyclic) bond motifs is 2. The number of cyclic esters (lactones) is 2.